The lowest BCUT2D eigenvalue weighted by molar-refractivity contribution is 0.0970. The zero-order valence-corrected chi connectivity index (χ0v) is 11.6. The van der Waals surface area contributed by atoms with E-state index in [0.717, 1.165) is 0 Å². The van der Waals surface area contributed by atoms with Gasteiger partial charge in [0.25, 0.3) is 0 Å². The third-order valence-electron chi connectivity index (χ3n) is 2.98. The van der Waals surface area contributed by atoms with Gasteiger partial charge in [0.2, 0.25) is 0 Å². The van der Waals surface area contributed by atoms with Crippen LogP contribution in [0.15, 0.2) is 24.3 Å². The summed E-state index contributed by atoms with van der Waals surface area (Å²) in [6, 6.07) is 6.96. The molecular formula is C14H14O8. The maximum absolute atomic E-state index is 10.8. The molecular weight excluding hydrogens is 296 g/mol. The summed E-state index contributed by atoms with van der Waals surface area (Å²) in [5.74, 6) is 1.14. The molecule has 0 N–H and O–H groups in total. The Bertz CT molecular complexity index is 512. The van der Waals surface area contributed by atoms with Gasteiger partial charge in [-0.2, -0.15) is 0 Å². The Hall–Kier alpha value is -2.64. The summed E-state index contributed by atoms with van der Waals surface area (Å²) in [5.41, 5.74) is 0. The molecule has 1 aromatic carbocycles. The first kappa shape index (κ1) is 14.3. The smallest absolute Gasteiger partial charge is 0.489 e. The summed E-state index contributed by atoms with van der Waals surface area (Å²) in [7, 11) is 0. The Labute approximate surface area is 125 Å². The molecule has 2 unspecified atom stereocenters. The molecule has 2 heterocycles. The van der Waals surface area contributed by atoms with E-state index in [1.807, 2.05) is 0 Å². The lowest BCUT2D eigenvalue weighted by Crippen LogP contribution is -2.20. The minimum absolute atomic E-state index is 0.183. The molecule has 0 aromatic heterocycles. The molecule has 0 spiro atoms. The second-order valence-electron chi connectivity index (χ2n) is 4.70. The van der Waals surface area contributed by atoms with Crippen molar-refractivity contribution in [3.05, 3.63) is 24.3 Å². The van der Waals surface area contributed by atoms with Gasteiger partial charge in [0, 0.05) is 6.07 Å². The number of rotatable bonds is 6. The molecule has 2 atom stereocenters. The fraction of sp³-hybridized carbons (Fsp3) is 0.429. The summed E-state index contributed by atoms with van der Waals surface area (Å²) >= 11 is 0. The largest absolute Gasteiger partial charge is 0.508 e. The standard InChI is InChI=1S/C14H14O8/c15-13-19-7-11(21-13)5-17-9-2-1-3-10(4-9)18-6-12-8-20-14(16)22-12/h1-4,11-12H,5-8H2. The van der Waals surface area contributed by atoms with E-state index in [2.05, 4.69) is 9.47 Å². The second kappa shape index (κ2) is 6.42. The van der Waals surface area contributed by atoms with Gasteiger partial charge in [0.1, 0.15) is 37.9 Å². The van der Waals surface area contributed by atoms with E-state index >= 15 is 0 Å². The zero-order chi connectivity index (χ0) is 15.4. The minimum Gasteiger partial charge on any atom is -0.489 e. The van der Waals surface area contributed by atoms with Crippen LogP contribution in [-0.4, -0.2) is 50.9 Å². The first-order valence-corrected chi connectivity index (χ1v) is 6.71. The van der Waals surface area contributed by atoms with Gasteiger partial charge in [-0.05, 0) is 12.1 Å². The van der Waals surface area contributed by atoms with Gasteiger partial charge in [-0.3, -0.25) is 0 Å². The van der Waals surface area contributed by atoms with Crippen LogP contribution in [0, 0.1) is 0 Å². The molecule has 0 amide bonds. The van der Waals surface area contributed by atoms with Crippen LogP contribution in [0.1, 0.15) is 0 Å². The predicted molar refractivity (Wildman–Crippen MR) is 69.9 cm³/mol. The molecule has 2 saturated heterocycles. The average molecular weight is 310 g/mol. The highest BCUT2D eigenvalue weighted by molar-refractivity contribution is 5.62. The number of benzene rings is 1. The van der Waals surface area contributed by atoms with E-state index in [-0.39, 0.29) is 26.4 Å². The SMILES string of the molecule is O=C1OCC(COc2cccc(OCC3COC(=O)O3)c2)O1. The predicted octanol–water partition coefficient (Wildman–Crippen LogP) is 1.51. The number of hydrogen-bond acceptors (Lipinski definition) is 8. The van der Waals surface area contributed by atoms with E-state index < -0.39 is 24.5 Å². The molecule has 0 saturated carbocycles. The fourth-order valence-electron chi connectivity index (χ4n) is 1.93. The van der Waals surface area contributed by atoms with Crippen molar-refractivity contribution in [1.29, 1.82) is 0 Å². The monoisotopic (exact) mass is 310 g/mol. The number of carbonyl (C=O) groups excluding carboxylic acids is 2. The molecule has 0 bridgehead atoms. The van der Waals surface area contributed by atoms with E-state index in [4.69, 9.17) is 18.9 Å². The van der Waals surface area contributed by atoms with Crippen molar-refractivity contribution in [2.45, 2.75) is 12.2 Å². The van der Waals surface area contributed by atoms with Crippen LogP contribution in [0.4, 0.5) is 9.59 Å². The number of ether oxygens (including phenoxy) is 6. The van der Waals surface area contributed by atoms with Gasteiger partial charge >= 0.3 is 12.3 Å². The van der Waals surface area contributed by atoms with Crippen LogP contribution in [0.25, 0.3) is 0 Å². The number of carbonyl (C=O) groups is 2. The second-order valence-corrected chi connectivity index (χ2v) is 4.70. The van der Waals surface area contributed by atoms with Crippen LogP contribution in [0.3, 0.4) is 0 Å². The van der Waals surface area contributed by atoms with Crippen molar-refractivity contribution in [1.82, 2.24) is 0 Å². The summed E-state index contributed by atoms with van der Waals surface area (Å²) in [5, 5.41) is 0. The van der Waals surface area contributed by atoms with Crippen LogP contribution in [0.2, 0.25) is 0 Å². The summed E-state index contributed by atoms with van der Waals surface area (Å²) in [6.45, 7) is 0.761. The minimum atomic E-state index is -0.681. The van der Waals surface area contributed by atoms with Gasteiger partial charge in [0.15, 0.2) is 12.2 Å². The summed E-state index contributed by atoms with van der Waals surface area (Å²) in [4.78, 5) is 21.6. The lowest BCUT2D eigenvalue weighted by Gasteiger charge is -2.12. The van der Waals surface area contributed by atoms with Crippen molar-refractivity contribution in [3.63, 3.8) is 0 Å². The number of hydrogen-bond donors (Lipinski definition) is 0. The normalized spacial score (nSPS) is 23.3. The van der Waals surface area contributed by atoms with Gasteiger partial charge in [-0.1, -0.05) is 6.07 Å². The van der Waals surface area contributed by atoms with Gasteiger partial charge in [0.05, 0.1) is 0 Å². The molecule has 8 heteroatoms. The third kappa shape index (κ3) is 3.72. The van der Waals surface area contributed by atoms with E-state index in [1.165, 1.54) is 0 Å². The Morgan fingerprint density at radius 3 is 1.82 bits per heavy atom. The van der Waals surface area contributed by atoms with Crippen LogP contribution in [0.5, 0.6) is 11.5 Å². The van der Waals surface area contributed by atoms with Crippen LogP contribution in [-0.2, 0) is 18.9 Å². The first-order chi connectivity index (χ1) is 10.7. The van der Waals surface area contributed by atoms with Crippen molar-refractivity contribution in [2.75, 3.05) is 26.4 Å². The molecule has 3 rings (SSSR count). The number of cyclic esters (lactones) is 4. The Balaban J connectivity index is 1.47. The van der Waals surface area contributed by atoms with E-state index in [1.54, 1.807) is 24.3 Å². The Morgan fingerprint density at radius 1 is 0.909 bits per heavy atom. The molecule has 2 aliphatic heterocycles. The Kier molecular flexibility index (Phi) is 4.17. The zero-order valence-electron chi connectivity index (χ0n) is 11.6. The maximum Gasteiger partial charge on any atom is 0.508 e. The third-order valence-corrected chi connectivity index (χ3v) is 2.98. The highest BCUT2D eigenvalue weighted by Crippen LogP contribution is 2.21. The van der Waals surface area contributed by atoms with Crippen molar-refractivity contribution >= 4 is 12.3 Å². The lowest BCUT2D eigenvalue weighted by atomic mass is 10.3. The Morgan fingerprint density at radius 2 is 1.41 bits per heavy atom. The topological polar surface area (TPSA) is 89.5 Å². The average Bonchev–Trinajstić information content (AvgIpc) is 3.12. The first-order valence-electron chi connectivity index (χ1n) is 6.71. The van der Waals surface area contributed by atoms with Crippen molar-refractivity contribution in [2.24, 2.45) is 0 Å². The summed E-state index contributed by atoms with van der Waals surface area (Å²) in [6.07, 6.45) is -2.18. The summed E-state index contributed by atoms with van der Waals surface area (Å²) < 4.78 is 30.1. The molecule has 0 aliphatic carbocycles. The van der Waals surface area contributed by atoms with Gasteiger partial charge in [-0.25, -0.2) is 9.59 Å². The quantitative estimate of drug-likeness (QED) is 0.730. The molecule has 118 valence electrons. The van der Waals surface area contributed by atoms with E-state index in [0.29, 0.717) is 11.5 Å². The molecule has 22 heavy (non-hydrogen) atoms. The van der Waals surface area contributed by atoms with Gasteiger partial charge < -0.3 is 28.4 Å². The van der Waals surface area contributed by atoms with E-state index in [9.17, 15) is 9.59 Å². The maximum atomic E-state index is 10.8. The molecule has 8 nitrogen and oxygen atoms in total. The molecule has 0 radical (unpaired) electrons. The van der Waals surface area contributed by atoms with Crippen molar-refractivity contribution in [3.8, 4) is 11.5 Å². The van der Waals surface area contributed by atoms with Crippen molar-refractivity contribution < 1.29 is 38.0 Å². The highest BCUT2D eigenvalue weighted by Gasteiger charge is 2.26. The van der Waals surface area contributed by atoms with Crippen LogP contribution < -0.4 is 9.47 Å². The molecule has 1 aromatic rings. The molecule has 2 fully saturated rings. The van der Waals surface area contributed by atoms with Crippen LogP contribution >= 0.6 is 0 Å². The highest BCUT2D eigenvalue weighted by atomic mass is 16.8. The van der Waals surface area contributed by atoms with Gasteiger partial charge in [-0.15, -0.1) is 0 Å². The molecule has 2 aliphatic rings. The fourth-order valence-corrected chi connectivity index (χ4v) is 1.93.